The van der Waals surface area contributed by atoms with E-state index in [1.807, 2.05) is 12.1 Å². The Kier molecular flexibility index (Phi) is 3.84. The zero-order chi connectivity index (χ0) is 17.4. The van der Waals surface area contributed by atoms with Crippen molar-refractivity contribution in [3.63, 3.8) is 0 Å². The summed E-state index contributed by atoms with van der Waals surface area (Å²) in [6.45, 7) is 0. The predicted octanol–water partition coefficient (Wildman–Crippen LogP) is 2.71. The number of sulfonamides is 1. The first-order valence-corrected chi connectivity index (χ1v) is 9.72. The molecule has 2 aromatic rings. The highest BCUT2D eigenvalue weighted by Crippen LogP contribution is 2.29. The van der Waals surface area contributed by atoms with Gasteiger partial charge in [0.25, 0.3) is 10.0 Å². The van der Waals surface area contributed by atoms with E-state index in [2.05, 4.69) is 10.0 Å². The highest BCUT2D eigenvalue weighted by molar-refractivity contribution is 7.92. The van der Waals surface area contributed by atoms with Crippen LogP contribution in [-0.4, -0.2) is 20.4 Å². The molecule has 0 unspecified atom stereocenters. The topological polar surface area (TPSA) is 75.3 Å². The van der Waals surface area contributed by atoms with E-state index in [9.17, 15) is 13.2 Å². The second-order valence-corrected chi connectivity index (χ2v) is 8.11. The molecular weight excluding hydrogens is 336 g/mol. The number of nitrogens with one attached hydrogen (secondary N) is 2. The molecule has 128 valence electrons. The summed E-state index contributed by atoms with van der Waals surface area (Å²) in [6, 6.07) is 13.9. The molecule has 0 spiro atoms. The van der Waals surface area contributed by atoms with E-state index >= 15 is 0 Å². The summed E-state index contributed by atoms with van der Waals surface area (Å²) in [5.74, 6) is -0.0230. The number of anilines is 1. The molecule has 6 heteroatoms. The Morgan fingerprint density at radius 2 is 1.80 bits per heavy atom. The average Bonchev–Trinajstić information content (AvgIpc) is 3.31. The lowest BCUT2D eigenvalue weighted by Gasteiger charge is -2.09. The minimum Gasteiger partial charge on any atom is -0.350 e. The van der Waals surface area contributed by atoms with Crippen LogP contribution < -0.4 is 10.0 Å². The molecule has 0 aromatic heterocycles. The average molecular weight is 354 g/mol. The Hall–Kier alpha value is -2.60. The van der Waals surface area contributed by atoms with Gasteiger partial charge in [-0.2, -0.15) is 0 Å². The Morgan fingerprint density at radius 3 is 2.52 bits per heavy atom. The quantitative estimate of drug-likeness (QED) is 0.867. The van der Waals surface area contributed by atoms with Gasteiger partial charge in [-0.25, -0.2) is 8.42 Å². The van der Waals surface area contributed by atoms with Crippen LogP contribution in [0.3, 0.4) is 0 Å². The first-order chi connectivity index (χ1) is 12.0. The van der Waals surface area contributed by atoms with Crippen molar-refractivity contribution in [1.29, 1.82) is 0 Å². The minimum atomic E-state index is -3.62. The molecule has 4 rings (SSSR count). The van der Waals surface area contributed by atoms with E-state index < -0.39 is 10.0 Å². The van der Waals surface area contributed by atoms with Gasteiger partial charge in [0.15, 0.2) is 0 Å². The van der Waals surface area contributed by atoms with Crippen LogP contribution in [0.1, 0.15) is 24.0 Å². The Morgan fingerprint density at radius 1 is 1.04 bits per heavy atom. The zero-order valence-electron chi connectivity index (χ0n) is 13.5. The van der Waals surface area contributed by atoms with Crippen molar-refractivity contribution in [2.24, 2.45) is 0 Å². The molecule has 0 aliphatic heterocycles. The number of rotatable bonds is 5. The highest BCUT2D eigenvalue weighted by Gasteiger charge is 2.26. The molecule has 0 bridgehead atoms. The van der Waals surface area contributed by atoms with Crippen molar-refractivity contribution in [3.05, 3.63) is 65.2 Å². The number of hydrogen-bond acceptors (Lipinski definition) is 3. The van der Waals surface area contributed by atoms with Crippen molar-refractivity contribution in [3.8, 4) is 0 Å². The first kappa shape index (κ1) is 15.9. The molecule has 1 saturated carbocycles. The van der Waals surface area contributed by atoms with E-state index in [1.54, 1.807) is 42.5 Å². The van der Waals surface area contributed by atoms with Crippen LogP contribution in [-0.2, 0) is 21.2 Å². The van der Waals surface area contributed by atoms with Crippen LogP contribution in [0.15, 0.2) is 59.0 Å². The van der Waals surface area contributed by atoms with Crippen LogP contribution in [0.2, 0.25) is 0 Å². The van der Waals surface area contributed by atoms with Gasteiger partial charge in [-0.15, -0.1) is 0 Å². The summed E-state index contributed by atoms with van der Waals surface area (Å²) in [5, 5.41) is 2.99. The lowest BCUT2D eigenvalue weighted by molar-refractivity contribution is -0.117. The molecular formula is C19H18N2O3S. The summed E-state index contributed by atoms with van der Waals surface area (Å²) in [6.07, 6.45) is 4.53. The van der Waals surface area contributed by atoms with E-state index in [0.717, 1.165) is 29.5 Å². The molecule has 2 N–H and O–H groups in total. The maximum Gasteiger partial charge on any atom is 0.261 e. The zero-order valence-corrected chi connectivity index (χ0v) is 14.3. The van der Waals surface area contributed by atoms with Crippen LogP contribution in [0, 0.1) is 0 Å². The van der Waals surface area contributed by atoms with Gasteiger partial charge >= 0.3 is 0 Å². The molecule has 25 heavy (non-hydrogen) atoms. The number of carbonyl (C=O) groups excluding carboxylic acids is 1. The lowest BCUT2D eigenvalue weighted by atomic mass is 10.1. The molecule has 0 saturated heterocycles. The maximum atomic E-state index is 12.4. The highest BCUT2D eigenvalue weighted by atomic mass is 32.2. The van der Waals surface area contributed by atoms with Crippen LogP contribution in [0.4, 0.5) is 5.69 Å². The summed E-state index contributed by atoms with van der Waals surface area (Å²) >= 11 is 0. The lowest BCUT2D eigenvalue weighted by Crippen LogP contribution is -2.26. The Labute approximate surface area is 146 Å². The Balaban J connectivity index is 1.54. The van der Waals surface area contributed by atoms with E-state index in [4.69, 9.17) is 0 Å². The van der Waals surface area contributed by atoms with Gasteiger partial charge in [0.05, 0.1) is 4.90 Å². The molecule has 0 radical (unpaired) electrons. The van der Waals surface area contributed by atoms with Gasteiger partial charge < -0.3 is 5.32 Å². The maximum absolute atomic E-state index is 12.4. The van der Waals surface area contributed by atoms with Crippen molar-refractivity contribution >= 4 is 27.7 Å². The van der Waals surface area contributed by atoms with E-state index in [-0.39, 0.29) is 10.8 Å². The molecule has 5 nitrogen and oxygen atoms in total. The molecule has 1 amide bonds. The monoisotopic (exact) mass is 354 g/mol. The molecule has 2 aliphatic rings. The van der Waals surface area contributed by atoms with Crippen molar-refractivity contribution in [2.45, 2.75) is 30.2 Å². The van der Waals surface area contributed by atoms with Crippen molar-refractivity contribution in [1.82, 2.24) is 5.32 Å². The number of fused-ring (bicyclic) bond motifs is 1. The van der Waals surface area contributed by atoms with Gasteiger partial charge in [0.2, 0.25) is 5.91 Å². The smallest absolute Gasteiger partial charge is 0.261 e. The Bertz CT molecular complexity index is 961. The third kappa shape index (κ3) is 3.44. The summed E-state index contributed by atoms with van der Waals surface area (Å²) in [4.78, 5) is 12.4. The predicted molar refractivity (Wildman–Crippen MR) is 96.5 cm³/mol. The van der Waals surface area contributed by atoms with Gasteiger partial charge in [-0.1, -0.05) is 24.3 Å². The second kappa shape index (κ2) is 6.04. The van der Waals surface area contributed by atoms with Crippen LogP contribution in [0.5, 0.6) is 0 Å². The summed E-state index contributed by atoms with van der Waals surface area (Å²) < 4.78 is 27.4. The number of benzene rings is 2. The van der Waals surface area contributed by atoms with E-state index in [1.165, 1.54) is 0 Å². The summed E-state index contributed by atoms with van der Waals surface area (Å²) in [5.41, 5.74) is 3.13. The van der Waals surface area contributed by atoms with Gasteiger partial charge in [-0.3, -0.25) is 9.52 Å². The minimum absolute atomic E-state index is 0.0230. The first-order valence-electron chi connectivity index (χ1n) is 8.23. The number of hydrogen-bond donors (Lipinski definition) is 2. The van der Waals surface area contributed by atoms with Gasteiger partial charge in [0, 0.05) is 23.7 Å². The number of carbonyl (C=O) groups is 1. The van der Waals surface area contributed by atoms with E-state index in [0.29, 0.717) is 18.2 Å². The van der Waals surface area contributed by atoms with Gasteiger partial charge in [0.1, 0.15) is 0 Å². The molecule has 2 aromatic carbocycles. The number of amides is 1. The molecule has 1 fully saturated rings. The third-order valence-electron chi connectivity index (χ3n) is 4.37. The summed E-state index contributed by atoms with van der Waals surface area (Å²) in [7, 11) is -3.62. The fourth-order valence-corrected chi connectivity index (χ4v) is 3.93. The van der Waals surface area contributed by atoms with Crippen LogP contribution in [0.25, 0.3) is 6.08 Å². The molecule has 2 aliphatic carbocycles. The van der Waals surface area contributed by atoms with Gasteiger partial charge in [-0.05, 0) is 54.3 Å². The van der Waals surface area contributed by atoms with Crippen molar-refractivity contribution < 1.29 is 13.2 Å². The largest absolute Gasteiger partial charge is 0.350 e. The normalized spacial score (nSPS) is 16.1. The fourth-order valence-electron chi connectivity index (χ4n) is 2.86. The SMILES string of the molecule is O=C(NC1CC1)C1=Cc2cc(NS(=O)(=O)c3ccccc3)ccc2C1. The third-order valence-corrected chi connectivity index (χ3v) is 5.76. The standard InChI is InChI=1S/C19H18N2O3S/c22-19(20-16-8-9-16)15-10-13-6-7-17(12-14(13)11-15)21-25(23,24)18-4-2-1-3-5-18/h1-7,11-12,16,21H,8-10H2,(H,20,22). The second-order valence-electron chi connectivity index (χ2n) is 6.43. The van der Waals surface area contributed by atoms with Crippen LogP contribution >= 0.6 is 0 Å². The molecule has 0 atom stereocenters. The fraction of sp³-hybridized carbons (Fsp3) is 0.211. The molecule has 0 heterocycles. The van der Waals surface area contributed by atoms with Crippen molar-refractivity contribution in [2.75, 3.05) is 4.72 Å².